The molecule has 5 N–H and O–H groups in total. The summed E-state index contributed by atoms with van der Waals surface area (Å²) in [7, 11) is 0. The van der Waals surface area contributed by atoms with Crippen molar-refractivity contribution in [3.05, 3.63) is 0 Å². The van der Waals surface area contributed by atoms with Crippen LogP contribution in [0.5, 0.6) is 0 Å². The molecule has 1 rings (SSSR count). The van der Waals surface area contributed by atoms with Gasteiger partial charge in [-0.1, -0.05) is 19.3 Å². The summed E-state index contributed by atoms with van der Waals surface area (Å²) in [6, 6.07) is -1.94. The van der Waals surface area contributed by atoms with Crippen molar-refractivity contribution in [2.24, 2.45) is 11.7 Å². The van der Waals surface area contributed by atoms with Crippen molar-refractivity contribution in [3.63, 3.8) is 0 Å². The Hall–Kier alpha value is -1.14. The third kappa shape index (κ3) is 3.98. The average Bonchev–Trinajstić information content (AvgIpc) is 2.35. The molecule has 0 bridgehead atoms. The van der Waals surface area contributed by atoms with Gasteiger partial charge in [-0.2, -0.15) is 0 Å². The quantitative estimate of drug-likeness (QED) is 0.518. The van der Waals surface area contributed by atoms with Crippen molar-refractivity contribution >= 4 is 11.9 Å². The minimum absolute atomic E-state index is 0.122. The van der Waals surface area contributed by atoms with Gasteiger partial charge in [0.05, 0.1) is 12.6 Å². The van der Waals surface area contributed by atoms with E-state index in [4.69, 9.17) is 15.9 Å². The zero-order valence-electron chi connectivity index (χ0n) is 9.76. The van der Waals surface area contributed by atoms with Gasteiger partial charge in [0.2, 0.25) is 5.91 Å². The second-order valence-electron chi connectivity index (χ2n) is 4.51. The van der Waals surface area contributed by atoms with Crippen molar-refractivity contribution in [2.75, 3.05) is 6.61 Å². The summed E-state index contributed by atoms with van der Waals surface area (Å²) >= 11 is 0. The highest BCUT2D eigenvalue weighted by Crippen LogP contribution is 2.25. The molecule has 0 radical (unpaired) electrons. The first-order valence-electron chi connectivity index (χ1n) is 5.96. The van der Waals surface area contributed by atoms with Gasteiger partial charge in [-0.25, -0.2) is 4.79 Å². The highest BCUT2D eigenvalue weighted by atomic mass is 16.4. The second-order valence-corrected chi connectivity index (χ2v) is 4.51. The van der Waals surface area contributed by atoms with E-state index >= 15 is 0 Å². The summed E-state index contributed by atoms with van der Waals surface area (Å²) in [4.78, 5) is 22.4. The number of nitrogens with two attached hydrogens (primary N) is 1. The van der Waals surface area contributed by atoms with E-state index in [1.54, 1.807) is 0 Å². The summed E-state index contributed by atoms with van der Waals surface area (Å²) in [5.41, 5.74) is 5.81. The van der Waals surface area contributed by atoms with Gasteiger partial charge in [-0.05, 0) is 18.8 Å². The van der Waals surface area contributed by atoms with E-state index < -0.39 is 30.6 Å². The summed E-state index contributed by atoms with van der Waals surface area (Å²) in [6.07, 6.45) is 5.11. The molecule has 1 aliphatic rings. The summed E-state index contributed by atoms with van der Waals surface area (Å²) in [6.45, 7) is -0.627. The Labute approximate surface area is 100 Å². The molecule has 1 saturated carbocycles. The number of nitrogens with one attached hydrogen (secondary N) is 1. The number of aliphatic hydroxyl groups excluding tert-OH is 1. The normalized spacial score (nSPS) is 20.6. The largest absolute Gasteiger partial charge is 0.480 e. The zero-order valence-corrected chi connectivity index (χ0v) is 9.76. The number of aliphatic carboxylic acids is 1. The van der Waals surface area contributed by atoms with E-state index in [-0.39, 0.29) is 5.92 Å². The molecular weight excluding hydrogens is 224 g/mol. The minimum Gasteiger partial charge on any atom is -0.480 e. The van der Waals surface area contributed by atoms with Gasteiger partial charge >= 0.3 is 5.97 Å². The van der Waals surface area contributed by atoms with Crippen LogP contribution in [0.1, 0.15) is 32.1 Å². The molecule has 2 unspecified atom stereocenters. The van der Waals surface area contributed by atoms with Gasteiger partial charge in [-0.15, -0.1) is 0 Å². The maximum atomic E-state index is 11.7. The average molecular weight is 244 g/mol. The Morgan fingerprint density at radius 1 is 1.29 bits per heavy atom. The van der Waals surface area contributed by atoms with E-state index in [0.29, 0.717) is 0 Å². The van der Waals surface area contributed by atoms with E-state index in [1.807, 2.05) is 0 Å². The Morgan fingerprint density at radius 3 is 2.35 bits per heavy atom. The Balaban J connectivity index is 2.47. The molecule has 0 spiro atoms. The smallest absolute Gasteiger partial charge is 0.328 e. The van der Waals surface area contributed by atoms with Gasteiger partial charge in [0, 0.05) is 0 Å². The Morgan fingerprint density at radius 2 is 1.88 bits per heavy atom. The first-order chi connectivity index (χ1) is 8.06. The monoisotopic (exact) mass is 244 g/mol. The molecule has 6 nitrogen and oxygen atoms in total. The van der Waals surface area contributed by atoms with Crippen LogP contribution >= 0.6 is 0 Å². The number of amides is 1. The highest BCUT2D eigenvalue weighted by Gasteiger charge is 2.28. The highest BCUT2D eigenvalue weighted by molar-refractivity contribution is 5.87. The molecule has 0 aliphatic heterocycles. The lowest BCUT2D eigenvalue weighted by molar-refractivity contribution is -0.143. The van der Waals surface area contributed by atoms with Crippen LogP contribution in [-0.2, 0) is 9.59 Å². The standard InChI is InChI=1S/C11H20N2O4/c12-9(7-4-2-1-3-5-7)10(15)13-8(6-14)11(16)17/h7-9,14H,1-6,12H2,(H,13,15)(H,16,17). The molecule has 0 aromatic heterocycles. The van der Waals surface area contributed by atoms with Crippen LogP contribution < -0.4 is 11.1 Å². The van der Waals surface area contributed by atoms with Crippen molar-refractivity contribution in [3.8, 4) is 0 Å². The molecule has 1 fully saturated rings. The fourth-order valence-electron chi connectivity index (χ4n) is 2.16. The molecule has 0 aromatic carbocycles. The van der Waals surface area contributed by atoms with Crippen molar-refractivity contribution in [2.45, 2.75) is 44.2 Å². The van der Waals surface area contributed by atoms with Crippen LogP contribution in [0, 0.1) is 5.92 Å². The molecule has 2 atom stereocenters. The fraction of sp³-hybridized carbons (Fsp3) is 0.818. The summed E-state index contributed by atoms with van der Waals surface area (Å²) in [5, 5.41) is 19.7. The molecule has 17 heavy (non-hydrogen) atoms. The van der Waals surface area contributed by atoms with E-state index in [2.05, 4.69) is 5.32 Å². The summed E-state index contributed by atoms with van der Waals surface area (Å²) in [5.74, 6) is -1.62. The number of carbonyl (C=O) groups excluding carboxylic acids is 1. The molecule has 1 amide bonds. The third-order valence-electron chi connectivity index (χ3n) is 3.26. The van der Waals surface area contributed by atoms with E-state index in [1.165, 1.54) is 6.42 Å². The van der Waals surface area contributed by atoms with Crippen LogP contribution in [0.25, 0.3) is 0 Å². The Kier molecular flexibility index (Phi) is 5.37. The van der Waals surface area contributed by atoms with Crippen molar-refractivity contribution < 1.29 is 19.8 Å². The maximum absolute atomic E-state index is 11.7. The van der Waals surface area contributed by atoms with E-state index in [0.717, 1.165) is 25.7 Å². The number of rotatable bonds is 5. The van der Waals surface area contributed by atoms with Crippen molar-refractivity contribution in [1.29, 1.82) is 0 Å². The first-order valence-corrected chi connectivity index (χ1v) is 5.96. The van der Waals surface area contributed by atoms with Crippen LogP contribution in [-0.4, -0.2) is 40.8 Å². The lowest BCUT2D eigenvalue weighted by atomic mass is 9.84. The fourth-order valence-corrected chi connectivity index (χ4v) is 2.16. The number of carbonyl (C=O) groups is 2. The van der Waals surface area contributed by atoms with Gasteiger partial charge in [0.1, 0.15) is 6.04 Å². The van der Waals surface area contributed by atoms with Crippen LogP contribution in [0.4, 0.5) is 0 Å². The third-order valence-corrected chi connectivity index (χ3v) is 3.26. The minimum atomic E-state index is -1.27. The predicted octanol–water partition coefficient (Wildman–Crippen LogP) is -0.544. The molecule has 1 aliphatic carbocycles. The maximum Gasteiger partial charge on any atom is 0.328 e. The van der Waals surface area contributed by atoms with Gasteiger partial charge < -0.3 is 21.3 Å². The predicted molar refractivity (Wildman–Crippen MR) is 61.2 cm³/mol. The lowest BCUT2D eigenvalue weighted by Crippen LogP contribution is -2.52. The van der Waals surface area contributed by atoms with Gasteiger partial charge in [-0.3, -0.25) is 4.79 Å². The van der Waals surface area contributed by atoms with Gasteiger partial charge in [0.15, 0.2) is 0 Å². The van der Waals surface area contributed by atoms with Gasteiger partial charge in [0.25, 0.3) is 0 Å². The van der Waals surface area contributed by atoms with Crippen LogP contribution in [0.3, 0.4) is 0 Å². The first kappa shape index (κ1) is 13.9. The molecule has 0 aromatic rings. The molecule has 6 heteroatoms. The van der Waals surface area contributed by atoms with Crippen LogP contribution in [0.15, 0.2) is 0 Å². The number of hydrogen-bond acceptors (Lipinski definition) is 4. The topological polar surface area (TPSA) is 113 Å². The number of carboxylic acids is 1. The zero-order chi connectivity index (χ0) is 12.8. The second kappa shape index (κ2) is 6.56. The summed E-state index contributed by atoms with van der Waals surface area (Å²) < 4.78 is 0. The molecule has 98 valence electrons. The molecular formula is C11H20N2O4. The number of hydrogen-bond donors (Lipinski definition) is 4. The van der Waals surface area contributed by atoms with Crippen LogP contribution in [0.2, 0.25) is 0 Å². The number of aliphatic hydroxyl groups is 1. The Bertz CT molecular complexity index is 277. The van der Waals surface area contributed by atoms with Crippen molar-refractivity contribution in [1.82, 2.24) is 5.32 Å². The van der Waals surface area contributed by atoms with E-state index in [9.17, 15) is 9.59 Å². The lowest BCUT2D eigenvalue weighted by Gasteiger charge is -2.27. The SMILES string of the molecule is NC(C(=O)NC(CO)C(=O)O)C1CCCCC1. The number of carboxylic acid groups (broad SMARTS) is 1. The molecule has 0 heterocycles. The molecule has 0 saturated heterocycles.